The molecule has 2 rings (SSSR count). The van der Waals surface area contributed by atoms with Gasteiger partial charge in [-0.2, -0.15) is 0 Å². The van der Waals surface area contributed by atoms with E-state index >= 15 is 0 Å². The lowest BCUT2D eigenvalue weighted by atomic mass is 10.3. The number of carbonyl (C=O) groups is 1. The number of nitrogens with zero attached hydrogens (tertiary/aromatic N) is 2. The third kappa shape index (κ3) is 3.46. The van der Waals surface area contributed by atoms with E-state index in [0.29, 0.717) is 0 Å². The summed E-state index contributed by atoms with van der Waals surface area (Å²) >= 11 is 5.87. The molecule has 0 atom stereocenters. The molecule has 9 nitrogen and oxygen atoms in total. The van der Waals surface area contributed by atoms with Gasteiger partial charge in [0.2, 0.25) is 0 Å². The molecule has 0 spiro atoms. The van der Waals surface area contributed by atoms with Gasteiger partial charge >= 0.3 is 0 Å². The Morgan fingerprint density at radius 2 is 2.29 bits per heavy atom. The summed E-state index contributed by atoms with van der Waals surface area (Å²) in [6, 6.07) is 5.12. The summed E-state index contributed by atoms with van der Waals surface area (Å²) in [4.78, 5) is 21.3. The van der Waals surface area contributed by atoms with E-state index in [9.17, 15) is 14.9 Å². The van der Waals surface area contributed by atoms with Gasteiger partial charge in [-0.05, 0) is 6.07 Å². The summed E-state index contributed by atoms with van der Waals surface area (Å²) in [5.41, 5.74) is 1.73. The van der Waals surface area contributed by atoms with Gasteiger partial charge in [0.15, 0.2) is 11.5 Å². The van der Waals surface area contributed by atoms with Gasteiger partial charge in [0.1, 0.15) is 12.4 Å². The minimum absolute atomic E-state index is 0.0127. The molecule has 0 bridgehead atoms. The van der Waals surface area contributed by atoms with Gasteiger partial charge in [-0.1, -0.05) is 16.8 Å². The Morgan fingerprint density at radius 1 is 1.52 bits per heavy atom. The Morgan fingerprint density at radius 3 is 2.95 bits per heavy atom. The number of halogens is 1. The zero-order valence-electron chi connectivity index (χ0n) is 10.4. The fraction of sp³-hybridized carbons (Fsp3) is 0.0909. The number of benzene rings is 1. The van der Waals surface area contributed by atoms with Crippen LogP contribution in [0.1, 0.15) is 16.2 Å². The average Bonchev–Trinajstić information content (AvgIpc) is 2.94. The first-order valence-corrected chi connectivity index (χ1v) is 5.92. The molecule has 1 aromatic heterocycles. The lowest BCUT2D eigenvalue weighted by Crippen LogP contribution is -2.30. The third-order valence-electron chi connectivity index (χ3n) is 2.42. The van der Waals surface area contributed by atoms with Crippen molar-refractivity contribution in [2.75, 3.05) is 0 Å². The number of carbonyl (C=O) groups excluding carboxylic acids is 1. The van der Waals surface area contributed by atoms with Crippen molar-refractivity contribution in [1.29, 1.82) is 0 Å². The van der Waals surface area contributed by atoms with Crippen molar-refractivity contribution >= 4 is 23.2 Å². The maximum absolute atomic E-state index is 11.2. The van der Waals surface area contributed by atoms with E-state index in [2.05, 4.69) is 5.16 Å². The van der Waals surface area contributed by atoms with E-state index in [4.69, 9.17) is 26.7 Å². The molecular weight excluding hydrogens is 304 g/mol. The van der Waals surface area contributed by atoms with Gasteiger partial charge in [0.05, 0.1) is 16.0 Å². The number of aromatic nitrogens is 1. The number of rotatable bonds is 5. The van der Waals surface area contributed by atoms with Gasteiger partial charge in [0, 0.05) is 12.1 Å². The van der Waals surface area contributed by atoms with Crippen LogP contribution in [-0.2, 0) is 6.61 Å². The van der Waals surface area contributed by atoms with Crippen LogP contribution in [0.4, 0.5) is 5.69 Å². The molecule has 0 radical (unpaired) electrons. The highest BCUT2D eigenvalue weighted by Gasteiger charge is 2.14. The van der Waals surface area contributed by atoms with Gasteiger partial charge in [-0.25, -0.2) is 5.84 Å². The molecule has 0 aliphatic heterocycles. The fourth-order valence-electron chi connectivity index (χ4n) is 1.43. The van der Waals surface area contributed by atoms with Crippen LogP contribution in [0.15, 0.2) is 28.8 Å². The van der Waals surface area contributed by atoms with Crippen LogP contribution in [0.2, 0.25) is 5.02 Å². The standard InChI is InChI=1S/C11H9ClN4O5/c12-8-2-1-6(16(18)19)3-10(8)20-5-7-4-9(15-21-7)11(17)14-13/h1-4H,5,13H2,(H,14,17). The van der Waals surface area contributed by atoms with Crippen molar-refractivity contribution in [2.24, 2.45) is 5.84 Å². The maximum Gasteiger partial charge on any atom is 0.287 e. The average molecular weight is 313 g/mol. The van der Waals surface area contributed by atoms with E-state index in [-0.39, 0.29) is 34.5 Å². The molecule has 0 unspecified atom stereocenters. The van der Waals surface area contributed by atoms with Gasteiger partial charge < -0.3 is 9.26 Å². The predicted octanol–water partition coefficient (Wildman–Crippen LogP) is 1.42. The number of nitro benzene ring substituents is 1. The molecule has 1 aromatic carbocycles. The van der Waals surface area contributed by atoms with Crippen LogP contribution >= 0.6 is 11.6 Å². The summed E-state index contributed by atoms with van der Waals surface area (Å²) < 4.78 is 10.2. The van der Waals surface area contributed by atoms with Crippen LogP contribution in [0.5, 0.6) is 5.75 Å². The molecule has 10 heteroatoms. The van der Waals surface area contributed by atoms with E-state index in [0.717, 1.165) is 0 Å². The zero-order chi connectivity index (χ0) is 15.4. The van der Waals surface area contributed by atoms with Gasteiger partial charge in [-0.15, -0.1) is 0 Å². The Kier molecular flexibility index (Phi) is 4.36. The molecule has 0 saturated heterocycles. The number of nitro groups is 1. The highest BCUT2D eigenvalue weighted by atomic mass is 35.5. The normalized spacial score (nSPS) is 10.2. The molecule has 0 fully saturated rings. The van der Waals surface area contributed by atoms with Crippen LogP contribution in [0, 0.1) is 10.1 Å². The quantitative estimate of drug-likeness (QED) is 0.369. The van der Waals surface area contributed by atoms with Crippen molar-refractivity contribution in [3.8, 4) is 5.75 Å². The third-order valence-corrected chi connectivity index (χ3v) is 2.73. The molecule has 0 aliphatic carbocycles. The number of ether oxygens (including phenoxy) is 1. The van der Waals surface area contributed by atoms with Crippen molar-refractivity contribution in [1.82, 2.24) is 10.6 Å². The number of amides is 1. The van der Waals surface area contributed by atoms with Crippen LogP contribution in [0.25, 0.3) is 0 Å². The summed E-state index contributed by atoms with van der Waals surface area (Å²) in [6.07, 6.45) is 0. The summed E-state index contributed by atoms with van der Waals surface area (Å²) in [7, 11) is 0. The smallest absolute Gasteiger partial charge is 0.287 e. The summed E-state index contributed by atoms with van der Waals surface area (Å²) in [5.74, 6) is 4.69. The largest absolute Gasteiger partial charge is 0.484 e. The first kappa shape index (κ1) is 14.8. The lowest BCUT2D eigenvalue weighted by Gasteiger charge is -2.05. The Balaban J connectivity index is 2.09. The van der Waals surface area contributed by atoms with E-state index in [1.165, 1.54) is 24.3 Å². The van der Waals surface area contributed by atoms with Gasteiger partial charge in [0.25, 0.3) is 11.6 Å². The zero-order valence-corrected chi connectivity index (χ0v) is 11.2. The minimum atomic E-state index is -0.613. The van der Waals surface area contributed by atoms with Crippen LogP contribution < -0.4 is 16.0 Å². The van der Waals surface area contributed by atoms with E-state index in [1.54, 1.807) is 0 Å². The second kappa shape index (κ2) is 6.20. The fourth-order valence-corrected chi connectivity index (χ4v) is 1.60. The highest BCUT2D eigenvalue weighted by molar-refractivity contribution is 6.32. The summed E-state index contributed by atoms with van der Waals surface area (Å²) in [6.45, 7) is -0.105. The molecule has 0 saturated carbocycles. The molecule has 1 heterocycles. The van der Waals surface area contributed by atoms with Crippen LogP contribution in [0.3, 0.4) is 0 Å². The second-order valence-corrected chi connectivity index (χ2v) is 4.22. The Labute approximate surface area is 122 Å². The second-order valence-electron chi connectivity index (χ2n) is 3.81. The van der Waals surface area contributed by atoms with Crippen molar-refractivity contribution in [3.05, 3.63) is 50.9 Å². The number of hydrogen-bond donors (Lipinski definition) is 2. The molecular formula is C11H9ClN4O5. The van der Waals surface area contributed by atoms with Crippen molar-refractivity contribution in [2.45, 2.75) is 6.61 Å². The van der Waals surface area contributed by atoms with Gasteiger partial charge in [-0.3, -0.25) is 20.3 Å². The number of hydrazine groups is 1. The molecule has 2 aromatic rings. The Bertz CT molecular complexity index is 687. The number of non-ortho nitro benzene ring substituents is 1. The lowest BCUT2D eigenvalue weighted by molar-refractivity contribution is -0.384. The Hall–Kier alpha value is -2.65. The van der Waals surface area contributed by atoms with Crippen molar-refractivity contribution < 1.29 is 19.0 Å². The van der Waals surface area contributed by atoms with E-state index < -0.39 is 10.8 Å². The van der Waals surface area contributed by atoms with Crippen LogP contribution in [-0.4, -0.2) is 16.0 Å². The number of nitrogens with one attached hydrogen (secondary N) is 1. The van der Waals surface area contributed by atoms with Crippen molar-refractivity contribution in [3.63, 3.8) is 0 Å². The SMILES string of the molecule is NNC(=O)c1cc(COc2cc([N+](=O)[O-])ccc2Cl)on1. The topological polar surface area (TPSA) is 134 Å². The number of nitrogen functional groups attached to an aromatic ring is 1. The molecule has 3 N–H and O–H groups in total. The highest BCUT2D eigenvalue weighted by Crippen LogP contribution is 2.29. The minimum Gasteiger partial charge on any atom is -0.484 e. The monoisotopic (exact) mass is 312 g/mol. The van der Waals surface area contributed by atoms with E-state index in [1.807, 2.05) is 5.43 Å². The first-order chi connectivity index (χ1) is 10.0. The number of hydrogen-bond acceptors (Lipinski definition) is 7. The molecule has 21 heavy (non-hydrogen) atoms. The predicted molar refractivity (Wildman–Crippen MR) is 70.6 cm³/mol. The molecule has 1 amide bonds. The molecule has 110 valence electrons. The maximum atomic E-state index is 11.2. The first-order valence-electron chi connectivity index (χ1n) is 5.54. The molecule has 0 aliphatic rings. The number of nitrogens with two attached hydrogens (primary N) is 1. The summed E-state index contributed by atoms with van der Waals surface area (Å²) in [5, 5.41) is 14.4.